The maximum atomic E-state index is 12.8. The van der Waals surface area contributed by atoms with E-state index in [2.05, 4.69) is 0 Å². The highest BCUT2D eigenvalue weighted by Gasteiger charge is 2.44. The van der Waals surface area contributed by atoms with Gasteiger partial charge in [-0.2, -0.15) is 0 Å². The van der Waals surface area contributed by atoms with E-state index in [9.17, 15) is 19.2 Å². The summed E-state index contributed by atoms with van der Waals surface area (Å²) >= 11 is 0. The standard InChI is InChI=1S/C24H26N2O5/c1-4-25(14-17-10-6-5-7-11-17)20(27)15-31-24(30)21(16(2)3)26-22(28)18-12-8-9-13-19(18)23(26)29/h5-13,16,21H,4,14-15H2,1-3H3/t21-/m1/s1. The van der Waals surface area contributed by atoms with Gasteiger partial charge >= 0.3 is 5.97 Å². The predicted octanol–water partition coefficient (Wildman–Crippen LogP) is 2.90. The van der Waals surface area contributed by atoms with Crippen molar-refractivity contribution in [1.82, 2.24) is 9.80 Å². The van der Waals surface area contributed by atoms with Crippen molar-refractivity contribution >= 4 is 23.7 Å². The molecule has 0 bridgehead atoms. The van der Waals surface area contributed by atoms with Gasteiger partial charge in [0.1, 0.15) is 6.04 Å². The number of hydrogen-bond donors (Lipinski definition) is 0. The van der Waals surface area contributed by atoms with Crippen molar-refractivity contribution in [3.63, 3.8) is 0 Å². The SMILES string of the molecule is CCN(Cc1ccccc1)C(=O)COC(=O)[C@@H](C(C)C)N1C(=O)c2ccccc2C1=O. The third-order valence-corrected chi connectivity index (χ3v) is 5.27. The molecule has 0 aliphatic carbocycles. The normalized spacial score (nSPS) is 13.9. The fourth-order valence-electron chi connectivity index (χ4n) is 3.63. The van der Waals surface area contributed by atoms with Crippen LogP contribution < -0.4 is 0 Å². The van der Waals surface area contributed by atoms with Gasteiger partial charge in [0.2, 0.25) is 0 Å². The number of carbonyl (C=O) groups excluding carboxylic acids is 4. The fourth-order valence-corrected chi connectivity index (χ4v) is 3.63. The molecule has 0 unspecified atom stereocenters. The lowest BCUT2D eigenvalue weighted by atomic mass is 10.0. The summed E-state index contributed by atoms with van der Waals surface area (Å²) in [7, 11) is 0. The number of esters is 1. The van der Waals surface area contributed by atoms with Gasteiger partial charge in [-0.05, 0) is 30.5 Å². The zero-order chi connectivity index (χ0) is 22.5. The average Bonchev–Trinajstić information content (AvgIpc) is 3.02. The Labute approximate surface area is 181 Å². The molecule has 0 spiro atoms. The highest BCUT2D eigenvalue weighted by Crippen LogP contribution is 2.27. The Morgan fingerprint density at radius 3 is 2.00 bits per heavy atom. The lowest BCUT2D eigenvalue weighted by molar-refractivity contribution is -0.156. The van der Waals surface area contributed by atoms with E-state index >= 15 is 0 Å². The summed E-state index contributed by atoms with van der Waals surface area (Å²) in [6.45, 7) is 5.71. The summed E-state index contributed by atoms with van der Waals surface area (Å²) in [5.74, 6) is -2.54. The van der Waals surface area contributed by atoms with Crippen LogP contribution in [0.3, 0.4) is 0 Å². The van der Waals surface area contributed by atoms with Gasteiger partial charge in [0.25, 0.3) is 17.7 Å². The quantitative estimate of drug-likeness (QED) is 0.482. The molecule has 0 radical (unpaired) electrons. The Hall–Kier alpha value is -3.48. The molecule has 1 atom stereocenters. The molecule has 1 aliphatic rings. The van der Waals surface area contributed by atoms with Crippen molar-refractivity contribution in [2.45, 2.75) is 33.4 Å². The van der Waals surface area contributed by atoms with Gasteiger partial charge in [0.15, 0.2) is 6.61 Å². The summed E-state index contributed by atoms with van der Waals surface area (Å²) in [6, 6.07) is 14.9. The largest absolute Gasteiger partial charge is 0.454 e. The molecule has 31 heavy (non-hydrogen) atoms. The Morgan fingerprint density at radius 2 is 1.48 bits per heavy atom. The van der Waals surface area contributed by atoms with Gasteiger partial charge < -0.3 is 9.64 Å². The number of ether oxygens (including phenoxy) is 1. The van der Waals surface area contributed by atoms with Crippen molar-refractivity contribution in [2.75, 3.05) is 13.2 Å². The molecule has 0 N–H and O–H groups in total. The van der Waals surface area contributed by atoms with Crippen LogP contribution in [-0.2, 0) is 20.9 Å². The van der Waals surface area contributed by atoms with Crippen molar-refractivity contribution < 1.29 is 23.9 Å². The van der Waals surface area contributed by atoms with Crippen LogP contribution in [-0.4, -0.2) is 52.7 Å². The molecule has 2 aromatic rings. The maximum Gasteiger partial charge on any atom is 0.330 e. The first-order valence-corrected chi connectivity index (χ1v) is 10.3. The lowest BCUT2D eigenvalue weighted by Gasteiger charge is -2.28. The molecule has 162 valence electrons. The first-order valence-electron chi connectivity index (χ1n) is 10.3. The molecule has 1 heterocycles. The van der Waals surface area contributed by atoms with E-state index in [4.69, 9.17) is 4.74 Å². The number of carbonyl (C=O) groups is 4. The number of hydrogen-bond acceptors (Lipinski definition) is 5. The van der Waals surface area contributed by atoms with E-state index in [1.807, 2.05) is 37.3 Å². The topological polar surface area (TPSA) is 84.0 Å². The lowest BCUT2D eigenvalue weighted by Crippen LogP contribution is -2.49. The number of rotatable bonds is 8. The molecule has 3 rings (SSSR count). The van der Waals surface area contributed by atoms with Crippen molar-refractivity contribution in [3.05, 3.63) is 71.3 Å². The molecule has 0 saturated carbocycles. The van der Waals surface area contributed by atoms with Crippen LogP contribution in [0.15, 0.2) is 54.6 Å². The zero-order valence-corrected chi connectivity index (χ0v) is 17.9. The van der Waals surface area contributed by atoms with Gasteiger partial charge in [-0.3, -0.25) is 19.3 Å². The van der Waals surface area contributed by atoms with Crippen LogP contribution in [0.2, 0.25) is 0 Å². The van der Waals surface area contributed by atoms with E-state index in [1.165, 1.54) is 0 Å². The van der Waals surface area contributed by atoms with Crippen molar-refractivity contribution in [1.29, 1.82) is 0 Å². The smallest absolute Gasteiger partial charge is 0.330 e. The van der Waals surface area contributed by atoms with Crippen LogP contribution in [0.4, 0.5) is 0 Å². The second-order valence-corrected chi connectivity index (χ2v) is 7.72. The molecule has 0 aromatic heterocycles. The Bertz CT molecular complexity index is 951. The molecule has 1 aliphatic heterocycles. The van der Waals surface area contributed by atoms with Crippen LogP contribution >= 0.6 is 0 Å². The third kappa shape index (κ3) is 4.66. The number of benzene rings is 2. The number of nitrogens with zero attached hydrogens (tertiary/aromatic N) is 2. The second kappa shape index (κ2) is 9.55. The monoisotopic (exact) mass is 422 g/mol. The molecule has 7 nitrogen and oxygen atoms in total. The summed E-state index contributed by atoms with van der Waals surface area (Å²) in [5.41, 5.74) is 1.50. The highest BCUT2D eigenvalue weighted by molar-refractivity contribution is 6.22. The molecular weight excluding hydrogens is 396 g/mol. The summed E-state index contributed by atoms with van der Waals surface area (Å²) in [6.07, 6.45) is 0. The van der Waals surface area contributed by atoms with Gasteiger partial charge in [-0.1, -0.05) is 56.3 Å². The van der Waals surface area contributed by atoms with Crippen LogP contribution in [0, 0.1) is 5.92 Å². The summed E-state index contributed by atoms with van der Waals surface area (Å²) in [5, 5.41) is 0. The number of amides is 3. The minimum absolute atomic E-state index is 0.266. The zero-order valence-electron chi connectivity index (χ0n) is 17.9. The van der Waals surface area contributed by atoms with Gasteiger partial charge in [-0.15, -0.1) is 0 Å². The van der Waals surface area contributed by atoms with E-state index in [1.54, 1.807) is 43.0 Å². The van der Waals surface area contributed by atoms with Crippen LogP contribution in [0.1, 0.15) is 47.1 Å². The highest BCUT2D eigenvalue weighted by atomic mass is 16.5. The van der Waals surface area contributed by atoms with E-state index in [0.717, 1.165) is 10.5 Å². The van der Waals surface area contributed by atoms with Crippen molar-refractivity contribution in [2.24, 2.45) is 5.92 Å². The van der Waals surface area contributed by atoms with Crippen LogP contribution in [0.25, 0.3) is 0 Å². The predicted molar refractivity (Wildman–Crippen MR) is 114 cm³/mol. The number of fused-ring (bicyclic) bond motifs is 1. The summed E-state index contributed by atoms with van der Waals surface area (Å²) in [4.78, 5) is 53.5. The Morgan fingerprint density at radius 1 is 0.935 bits per heavy atom. The van der Waals surface area contributed by atoms with E-state index < -0.39 is 30.4 Å². The third-order valence-electron chi connectivity index (χ3n) is 5.27. The first kappa shape index (κ1) is 22.2. The minimum Gasteiger partial charge on any atom is -0.454 e. The Kier molecular flexibility index (Phi) is 6.84. The second-order valence-electron chi connectivity index (χ2n) is 7.72. The molecule has 0 saturated heterocycles. The van der Waals surface area contributed by atoms with E-state index in [0.29, 0.717) is 13.1 Å². The molecule has 3 amide bonds. The average molecular weight is 422 g/mol. The van der Waals surface area contributed by atoms with Gasteiger partial charge in [-0.25, -0.2) is 4.79 Å². The van der Waals surface area contributed by atoms with E-state index in [-0.39, 0.29) is 23.0 Å². The molecule has 7 heteroatoms. The Balaban J connectivity index is 1.68. The fraction of sp³-hybridized carbons (Fsp3) is 0.333. The number of imide groups is 1. The summed E-state index contributed by atoms with van der Waals surface area (Å²) < 4.78 is 5.28. The molecule has 0 fully saturated rings. The van der Waals surface area contributed by atoms with Crippen LogP contribution in [0.5, 0.6) is 0 Å². The van der Waals surface area contributed by atoms with Gasteiger partial charge in [0.05, 0.1) is 11.1 Å². The number of likely N-dealkylation sites (N-methyl/N-ethyl adjacent to an activating group) is 1. The first-order chi connectivity index (χ1) is 14.8. The molecule has 2 aromatic carbocycles. The maximum absolute atomic E-state index is 12.8. The molecular formula is C24H26N2O5. The minimum atomic E-state index is -1.11. The van der Waals surface area contributed by atoms with Gasteiger partial charge in [0, 0.05) is 13.1 Å². The van der Waals surface area contributed by atoms with Crippen molar-refractivity contribution in [3.8, 4) is 0 Å².